The van der Waals surface area contributed by atoms with Crippen LogP contribution in [0.5, 0.6) is 0 Å². The van der Waals surface area contributed by atoms with Gasteiger partial charge in [0, 0.05) is 43.9 Å². The number of rotatable bonds is 5. The summed E-state index contributed by atoms with van der Waals surface area (Å²) in [7, 11) is 0. The molecule has 2 heterocycles. The van der Waals surface area contributed by atoms with Crippen LogP contribution in [-0.2, 0) is 6.42 Å². The molecular formula is C18H30N4S. The average molecular weight is 335 g/mol. The quantitative estimate of drug-likeness (QED) is 0.660. The Bertz CT molecular complexity index is 545. The molecule has 0 unspecified atom stereocenters. The lowest BCUT2D eigenvalue weighted by Crippen LogP contribution is -2.42. The standard InChI is InChI=1S/C18H30N4S/c1-4-19-17(22-11-9-18(13-22)7-5-8-18)20-10-6-15-12-23-16(21-15)14(2)3/h12,14H,4-11,13H2,1-3H3,(H,19,20). The van der Waals surface area contributed by atoms with Gasteiger partial charge in [-0.3, -0.25) is 4.99 Å². The molecule has 1 aromatic rings. The van der Waals surface area contributed by atoms with Crippen LogP contribution in [0.4, 0.5) is 0 Å². The smallest absolute Gasteiger partial charge is 0.193 e. The number of guanidine groups is 1. The summed E-state index contributed by atoms with van der Waals surface area (Å²) in [6.07, 6.45) is 6.54. The fraction of sp³-hybridized carbons (Fsp3) is 0.778. The molecule has 0 radical (unpaired) electrons. The van der Waals surface area contributed by atoms with E-state index in [4.69, 9.17) is 9.98 Å². The van der Waals surface area contributed by atoms with Gasteiger partial charge in [0.25, 0.3) is 0 Å². The first-order chi connectivity index (χ1) is 11.1. The Balaban J connectivity index is 1.56. The van der Waals surface area contributed by atoms with Gasteiger partial charge in [-0.1, -0.05) is 20.3 Å². The minimum absolute atomic E-state index is 0.526. The largest absolute Gasteiger partial charge is 0.357 e. The SMILES string of the molecule is CCNC(=NCCc1csc(C(C)C)n1)N1CCC2(CCC2)C1. The van der Waals surface area contributed by atoms with Gasteiger partial charge in [-0.2, -0.15) is 0 Å². The summed E-state index contributed by atoms with van der Waals surface area (Å²) < 4.78 is 0. The number of nitrogens with zero attached hydrogens (tertiary/aromatic N) is 3. The van der Waals surface area contributed by atoms with Crippen molar-refractivity contribution >= 4 is 17.3 Å². The van der Waals surface area contributed by atoms with Crippen LogP contribution in [0.15, 0.2) is 10.4 Å². The summed E-state index contributed by atoms with van der Waals surface area (Å²) in [6.45, 7) is 10.7. The van der Waals surface area contributed by atoms with E-state index in [1.54, 1.807) is 11.3 Å². The van der Waals surface area contributed by atoms with Gasteiger partial charge in [-0.15, -0.1) is 11.3 Å². The van der Waals surface area contributed by atoms with E-state index in [1.165, 1.54) is 49.5 Å². The van der Waals surface area contributed by atoms with Crippen LogP contribution >= 0.6 is 11.3 Å². The molecule has 2 aliphatic rings. The van der Waals surface area contributed by atoms with Gasteiger partial charge in [0.15, 0.2) is 5.96 Å². The number of likely N-dealkylation sites (tertiary alicyclic amines) is 1. The molecule has 0 atom stereocenters. The zero-order valence-corrected chi connectivity index (χ0v) is 15.6. The number of hydrogen-bond acceptors (Lipinski definition) is 3. The molecule has 2 fully saturated rings. The molecule has 3 rings (SSSR count). The first kappa shape index (κ1) is 16.7. The molecule has 23 heavy (non-hydrogen) atoms. The lowest BCUT2D eigenvalue weighted by atomic mass is 9.68. The molecular weight excluding hydrogens is 304 g/mol. The second kappa shape index (κ2) is 7.20. The molecule has 1 aromatic heterocycles. The molecule has 1 aliphatic carbocycles. The van der Waals surface area contributed by atoms with Crippen molar-refractivity contribution in [2.24, 2.45) is 10.4 Å². The summed E-state index contributed by atoms with van der Waals surface area (Å²) in [4.78, 5) is 12.1. The first-order valence-electron chi connectivity index (χ1n) is 9.09. The second-order valence-corrected chi connectivity index (χ2v) is 8.23. The molecule has 1 saturated carbocycles. The van der Waals surface area contributed by atoms with Crippen LogP contribution in [0.2, 0.25) is 0 Å². The Morgan fingerprint density at radius 1 is 1.43 bits per heavy atom. The van der Waals surface area contributed by atoms with Gasteiger partial charge in [0.2, 0.25) is 0 Å². The highest BCUT2D eigenvalue weighted by molar-refractivity contribution is 7.09. The Kier molecular flexibility index (Phi) is 5.24. The monoisotopic (exact) mass is 334 g/mol. The van der Waals surface area contributed by atoms with Crippen LogP contribution in [0.25, 0.3) is 0 Å². The minimum atomic E-state index is 0.526. The highest BCUT2D eigenvalue weighted by Gasteiger charge is 2.43. The molecule has 4 nitrogen and oxygen atoms in total. The van der Waals surface area contributed by atoms with E-state index in [9.17, 15) is 0 Å². The van der Waals surface area contributed by atoms with Crippen LogP contribution in [0.3, 0.4) is 0 Å². The van der Waals surface area contributed by atoms with Crippen molar-refractivity contribution in [3.8, 4) is 0 Å². The van der Waals surface area contributed by atoms with E-state index in [0.717, 1.165) is 25.5 Å². The van der Waals surface area contributed by atoms with E-state index < -0.39 is 0 Å². The summed E-state index contributed by atoms with van der Waals surface area (Å²) in [5.41, 5.74) is 1.81. The average Bonchev–Trinajstić information content (AvgIpc) is 3.13. The van der Waals surface area contributed by atoms with Crippen molar-refractivity contribution in [1.82, 2.24) is 15.2 Å². The van der Waals surface area contributed by atoms with E-state index in [1.807, 2.05) is 0 Å². The van der Waals surface area contributed by atoms with Gasteiger partial charge < -0.3 is 10.2 Å². The third-order valence-electron chi connectivity index (χ3n) is 5.18. The number of aromatic nitrogens is 1. The maximum absolute atomic E-state index is 4.86. The zero-order valence-electron chi connectivity index (χ0n) is 14.8. The maximum Gasteiger partial charge on any atom is 0.193 e. The van der Waals surface area contributed by atoms with Crippen molar-refractivity contribution in [1.29, 1.82) is 0 Å². The van der Waals surface area contributed by atoms with Gasteiger partial charge >= 0.3 is 0 Å². The highest BCUT2D eigenvalue weighted by Crippen LogP contribution is 2.47. The number of nitrogens with one attached hydrogen (secondary N) is 1. The Hall–Kier alpha value is -1.10. The van der Waals surface area contributed by atoms with E-state index in [-0.39, 0.29) is 0 Å². The predicted octanol–water partition coefficient (Wildman–Crippen LogP) is 3.65. The topological polar surface area (TPSA) is 40.5 Å². The van der Waals surface area contributed by atoms with Crippen LogP contribution < -0.4 is 5.32 Å². The van der Waals surface area contributed by atoms with Crippen molar-refractivity contribution in [2.45, 2.75) is 58.8 Å². The summed E-state index contributed by atoms with van der Waals surface area (Å²) in [6, 6.07) is 0. The second-order valence-electron chi connectivity index (χ2n) is 7.34. The normalized spacial score (nSPS) is 20.3. The molecule has 0 bridgehead atoms. The molecule has 128 valence electrons. The first-order valence-corrected chi connectivity index (χ1v) is 9.97. The van der Waals surface area contributed by atoms with Crippen LogP contribution in [-0.4, -0.2) is 42.0 Å². The van der Waals surface area contributed by atoms with Crippen molar-refractivity contribution in [3.63, 3.8) is 0 Å². The summed E-state index contributed by atoms with van der Waals surface area (Å²) in [5.74, 6) is 1.63. The number of aliphatic imine (C=N–C) groups is 1. The minimum Gasteiger partial charge on any atom is -0.357 e. The maximum atomic E-state index is 4.86. The number of thiazole rings is 1. The molecule has 1 spiro atoms. The van der Waals surface area contributed by atoms with Crippen molar-refractivity contribution < 1.29 is 0 Å². The summed E-state index contributed by atoms with van der Waals surface area (Å²) >= 11 is 1.78. The van der Waals surface area contributed by atoms with E-state index in [0.29, 0.717) is 11.3 Å². The third-order valence-corrected chi connectivity index (χ3v) is 6.37. The van der Waals surface area contributed by atoms with Crippen LogP contribution in [0, 0.1) is 5.41 Å². The van der Waals surface area contributed by atoms with Gasteiger partial charge in [-0.25, -0.2) is 4.98 Å². The Labute approximate surface area is 144 Å². The van der Waals surface area contributed by atoms with Crippen molar-refractivity contribution in [2.75, 3.05) is 26.2 Å². The predicted molar refractivity (Wildman–Crippen MR) is 98.4 cm³/mol. The fourth-order valence-electron chi connectivity index (χ4n) is 3.61. The molecule has 0 amide bonds. The molecule has 1 N–H and O–H groups in total. The molecule has 5 heteroatoms. The zero-order chi connectivity index (χ0) is 16.3. The fourth-order valence-corrected chi connectivity index (χ4v) is 4.48. The Morgan fingerprint density at radius 3 is 2.83 bits per heavy atom. The van der Waals surface area contributed by atoms with E-state index >= 15 is 0 Å². The third kappa shape index (κ3) is 3.87. The van der Waals surface area contributed by atoms with Crippen molar-refractivity contribution in [3.05, 3.63) is 16.1 Å². The number of hydrogen-bond donors (Lipinski definition) is 1. The van der Waals surface area contributed by atoms with Crippen LogP contribution in [0.1, 0.15) is 63.1 Å². The lowest BCUT2D eigenvalue weighted by molar-refractivity contribution is 0.151. The lowest BCUT2D eigenvalue weighted by Gasteiger charge is -2.38. The molecule has 1 saturated heterocycles. The molecule has 1 aliphatic heterocycles. The Morgan fingerprint density at radius 2 is 2.26 bits per heavy atom. The van der Waals surface area contributed by atoms with Gasteiger partial charge in [0.05, 0.1) is 10.7 Å². The highest BCUT2D eigenvalue weighted by atomic mass is 32.1. The summed E-state index contributed by atoms with van der Waals surface area (Å²) in [5, 5.41) is 6.91. The van der Waals surface area contributed by atoms with Gasteiger partial charge in [0.1, 0.15) is 0 Å². The molecule has 0 aromatic carbocycles. The van der Waals surface area contributed by atoms with Gasteiger partial charge in [-0.05, 0) is 31.6 Å². The van der Waals surface area contributed by atoms with E-state index in [2.05, 4.69) is 36.4 Å².